The second-order valence-electron chi connectivity index (χ2n) is 5.77. The van der Waals surface area contributed by atoms with Crippen molar-refractivity contribution in [3.05, 3.63) is 56.9 Å². The largest absolute Gasteiger partial charge is 0.462 e. The molecular weight excluding hydrogens is 370 g/mol. The van der Waals surface area contributed by atoms with Gasteiger partial charge in [0, 0.05) is 23.5 Å². The van der Waals surface area contributed by atoms with Crippen molar-refractivity contribution in [2.75, 3.05) is 18.5 Å². The molecule has 2 N–H and O–H groups in total. The standard InChI is InChI=1S/C18H19N3O7/c1-4-27-17(23)15-10(2)16(19-11(15)3)18(24)28-9-14(22)20-12-5-7-13(8-6-12)21(25)26/h5-8,19H,4,9H2,1-3H3,(H,20,22). The van der Waals surface area contributed by atoms with Crippen LogP contribution in [0.4, 0.5) is 11.4 Å². The van der Waals surface area contributed by atoms with Crippen LogP contribution in [0.2, 0.25) is 0 Å². The van der Waals surface area contributed by atoms with Crippen molar-refractivity contribution >= 4 is 29.2 Å². The monoisotopic (exact) mass is 389 g/mol. The number of hydrogen-bond donors (Lipinski definition) is 2. The number of hydrogen-bond acceptors (Lipinski definition) is 7. The lowest BCUT2D eigenvalue weighted by molar-refractivity contribution is -0.384. The third-order valence-corrected chi connectivity index (χ3v) is 3.82. The molecule has 0 unspecified atom stereocenters. The van der Waals surface area contributed by atoms with Crippen molar-refractivity contribution < 1.29 is 28.8 Å². The highest BCUT2D eigenvalue weighted by molar-refractivity contribution is 5.99. The molecule has 0 aliphatic carbocycles. The maximum Gasteiger partial charge on any atom is 0.355 e. The molecule has 0 atom stereocenters. The number of esters is 2. The summed E-state index contributed by atoms with van der Waals surface area (Å²) in [6, 6.07) is 5.21. The van der Waals surface area contributed by atoms with E-state index in [1.165, 1.54) is 24.3 Å². The number of carbonyl (C=O) groups excluding carboxylic acids is 3. The number of aromatic nitrogens is 1. The fraction of sp³-hybridized carbons (Fsp3) is 0.278. The Balaban J connectivity index is 1.98. The first kappa shape index (κ1) is 20.6. The average Bonchev–Trinajstić information content (AvgIpc) is 2.94. The van der Waals surface area contributed by atoms with Crippen LogP contribution >= 0.6 is 0 Å². The number of anilines is 1. The second kappa shape index (κ2) is 8.80. The Hall–Kier alpha value is -3.69. The highest BCUT2D eigenvalue weighted by Crippen LogP contribution is 2.20. The van der Waals surface area contributed by atoms with E-state index in [-0.39, 0.29) is 23.6 Å². The van der Waals surface area contributed by atoms with Crippen LogP contribution in [-0.4, -0.2) is 41.0 Å². The van der Waals surface area contributed by atoms with Gasteiger partial charge >= 0.3 is 11.9 Å². The molecule has 1 amide bonds. The first-order valence-electron chi connectivity index (χ1n) is 8.32. The van der Waals surface area contributed by atoms with Crippen LogP contribution in [0.15, 0.2) is 24.3 Å². The van der Waals surface area contributed by atoms with Gasteiger partial charge in [0.1, 0.15) is 5.69 Å². The van der Waals surface area contributed by atoms with E-state index >= 15 is 0 Å². The number of aromatic amines is 1. The van der Waals surface area contributed by atoms with Gasteiger partial charge in [-0.05, 0) is 38.5 Å². The Morgan fingerprint density at radius 2 is 1.75 bits per heavy atom. The number of nitro groups is 1. The van der Waals surface area contributed by atoms with Gasteiger partial charge in [0.25, 0.3) is 11.6 Å². The zero-order valence-electron chi connectivity index (χ0n) is 15.5. The van der Waals surface area contributed by atoms with E-state index in [1.54, 1.807) is 20.8 Å². The van der Waals surface area contributed by atoms with Crippen LogP contribution in [0.1, 0.15) is 39.0 Å². The van der Waals surface area contributed by atoms with Crippen molar-refractivity contribution in [1.29, 1.82) is 0 Å². The molecule has 28 heavy (non-hydrogen) atoms. The Kier molecular flexibility index (Phi) is 6.48. The fourth-order valence-electron chi connectivity index (χ4n) is 2.53. The Bertz CT molecular complexity index is 916. The van der Waals surface area contributed by atoms with Crippen molar-refractivity contribution in [3.8, 4) is 0 Å². The minimum absolute atomic E-state index is 0.0590. The molecule has 0 aliphatic heterocycles. The Morgan fingerprint density at radius 1 is 1.11 bits per heavy atom. The second-order valence-corrected chi connectivity index (χ2v) is 5.77. The summed E-state index contributed by atoms with van der Waals surface area (Å²) in [5.41, 5.74) is 1.35. The summed E-state index contributed by atoms with van der Waals surface area (Å²) in [7, 11) is 0. The van der Waals surface area contributed by atoms with Crippen LogP contribution in [0, 0.1) is 24.0 Å². The van der Waals surface area contributed by atoms with Gasteiger partial charge in [-0.1, -0.05) is 0 Å². The highest BCUT2D eigenvalue weighted by Gasteiger charge is 2.24. The number of H-pyrrole nitrogens is 1. The van der Waals surface area contributed by atoms with Crippen LogP contribution in [-0.2, 0) is 14.3 Å². The number of rotatable bonds is 7. The molecule has 1 aromatic carbocycles. The van der Waals surface area contributed by atoms with Crippen molar-refractivity contribution in [2.24, 2.45) is 0 Å². The third kappa shape index (κ3) is 4.72. The summed E-state index contributed by atoms with van der Waals surface area (Å²) < 4.78 is 9.92. The molecule has 10 nitrogen and oxygen atoms in total. The molecule has 0 saturated carbocycles. The molecule has 2 aromatic rings. The van der Waals surface area contributed by atoms with E-state index in [1.807, 2.05) is 0 Å². The first-order valence-corrected chi connectivity index (χ1v) is 8.32. The zero-order chi connectivity index (χ0) is 20.8. The van der Waals surface area contributed by atoms with Gasteiger partial charge in [-0.25, -0.2) is 9.59 Å². The molecule has 0 radical (unpaired) electrons. The first-order chi connectivity index (χ1) is 13.2. The summed E-state index contributed by atoms with van der Waals surface area (Å²) in [6.45, 7) is 4.50. The number of ether oxygens (including phenoxy) is 2. The van der Waals surface area contributed by atoms with Gasteiger partial charge in [-0.3, -0.25) is 14.9 Å². The minimum atomic E-state index is -0.796. The predicted octanol–water partition coefficient (Wildman–Crippen LogP) is 2.51. The summed E-state index contributed by atoms with van der Waals surface area (Å²) in [5.74, 6) is -1.97. The molecule has 10 heteroatoms. The summed E-state index contributed by atoms with van der Waals surface area (Å²) >= 11 is 0. The van der Waals surface area contributed by atoms with Gasteiger partial charge in [0.05, 0.1) is 17.1 Å². The molecule has 2 rings (SSSR count). The molecule has 148 valence electrons. The number of benzene rings is 1. The Morgan fingerprint density at radius 3 is 2.32 bits per heavy atom. The van der Waals surface area contributed by atoms with Crippen LogP contribution in [0.25, 0.3) is 0 Å². The normalized spacial score (nSPS) is 10.2. The molecule has 0 saturated heterocycles. The topological polar surface area (TPSA) is 141 Å². The zero-order valence-corrected chi connectivity index (χ0v) is 15.5. The van der Waals surface area contributed by atoms with Crippen molar-refractivity contribution in [3.63, 3.8) is 0 Å². The van der Waals surface area contributed by atoms with E-state index in [9.17, 15) is 24.5 Å². The fourth-order valence-corrected chi connectivity index (χ4v) is 2.53. The third-order valence-electron chi connectivity index (χ3n) is 3.82. The van der Waals surface area contributed by atoms with E-state index in [2.05, 4.69) is 10.3 Å². The average molecular weight is 389 g/mol. The van der Waals surface area contributed by atoms with Gasteiger partial charge in [0.15, 0.2) is 6.61 Å². The Labute approximate surface area is 160 Å². The summed E-state index contributed by atoms with van der Waals surface area (Å²) in [4.78, 5) is 48.9. The number of aryl methyl sites for hydroxylation is 1. The van der Waals surface area contributed by atoms with Crippen LogP contribution < -0.4 is 5.32 Å². The lowest BCUT2D eigenvalue weighted by atomic mass is 10.1. The molecule has 0 fully saturated rings. The maximum absolute atomic E-state index is 12.2. The van der Waals surface area contributed by atoms with E-state index in [0.29, 0.717) is 16.9 Å². The van der Waals surface area contributed by atoms with E-state index < -0.39 is 29.4 Å². The molecule has 0 aliphatic rings. The maximum atomic E-state index is 12.2. The smallest absolute Gasteiger partial charge is 0.355 e. The number of carbonyl (C=O) groups is 3. The number of amides is 1. The number of non-ortho nitro benzene ring substituents is 1. The minimum Gasteiger partial charge on any atom is -0.462 e. The van der Waals surface area contributed by atoms with Crippen LogP contribution in [0.3, 0.4) is 0 Å². The van der Waals surface area contributed by atoms with Gasteiger partial charge in [-0.15, -0.1) is 0 Å². The molecule has 0 spiro atoms. The van der Waals surface area contributed by atoms with Crippen molar-refractivity contribution in [2.45, 2.75) is 20.8 Å². The number of nitrogens with zero attached hydrogens (tertiary/aromatic N) is 1. The molecular formula is C18H19N3O7. The predicted molar refractivity (Wildman–Crippen MR) is 98.2 cm³/mol. The van der Waals surface area contributed by atoms with Gasteiger partial charge in [-0.2, -0.15) is 0 Å². The quantitative estimate of drug-likeness (QED) is 0.421. The van der Waals surface area contributed by atoms with E-state index in [4.69, 9.17) is 9.47 Å². The van der Waals surface area contributed by atoms with Gasteiger partial charge in [0.2, 0.25) is 0 Å². The number of nitro benzene ring substituents is 1. The molecule has 1 heterocycles. The van der Waals surface area contributed by atoms with Crippen molar-refractivity contribution in [1.82, 2.24) is 4.98 Å². The highest BCUT2D eigenvalue weighted by atomic mass is 16.6. The number of nitrogens with one attached hydrogen (secondary N) is 2. The molecule has 1 aromatic heterocycles. The molecule has 0 bridgehead atoms. The summed E-state index contributed by atoms with van der Waals surface area (Å²) in [6.07, 6.45) is 0. The van der Waals surface area contributed by atoms with E-state index in [0.717, 1.165) is 0 Å². The SMILES string of the molecule is CCOC(=O)c1c(C)[nH]c(C(=O)OCC(=O)Nc2ccc([N+](=O)[O-])cc2)c1C. The van der Waals surface area contributed by atoms with Gasteiger partial charge < -0.3 is 19.8 Å². The lowest BCUT2D eigenvalue weighted by Crippen LogP contribution is -2.21. The lowest BCUT2D eigenvalue weighted by Gasteiger charge is -2.06. The van der Waals surface area contributed by atoms with Crippen LogP contribution in [0.5, 0.6) is 0 Å². The summed E-state index contributed by atoms with van der Waals surface area (Å²) in [5, 5.41) is 13.1.